The summed E-state index contributed by atoms with van der Waals surface area (Å²) in [4.78, 5) is 46.1. The zero-order chi connectivity index (χ0) is 29.2. The van der Waals surface area contributed by atoms with Gasteiger partial charge in [0, 0.05) is 37.2 Å². The number of amides is 2. The molecule has 0 spiro atoms. The van der Waals surface area contributed by atoms with Gasteiger partial charge in [0.15, 0.2) is 0 Å². The van der Waals surface area contributed by atoms with Gasteiger partial charge in [-0.2, -0.15) is 0 Å². The standard InChI is InChI=1S/C31H40N4O6/c1-4-40-29(37)21-35-20-23-19-26(41-18-8-11-28(36)34(2)24-9-6-5-7-10-24)16-17-27(23)32-31(35)33-30(38)22-12-14-25(39-3)15-13-22/h12-17,19,24H,4-11,18,20-21H2,1-3H3,(H,32,33,38). The molecule has 0 aromatic heterocycles. The van der Waals surface area contributed by atoms with E-state index in [-0.39, 0.29) is 30.9 Å². The lowest BCUT2D eigenvalue weighted by Gasteiger charge is -2.31. The van der Waals surface area contributed by atoms with Crippen LogP contribution in [0.15, 0.2) is 47.5 Å². The van der Waals surface area contributed by atoms with E-state index in [9.17, 15) is 14.4 Å². The van der Waals surface area contributed by atoms with Gasteiger partial charge in [-0.15, -0.1) is 0 Å². The van der Waals surface area contributed by atoms with Gasteiger partial charge in [0.2, 0.25) is 11.9 Å². The molecule has 1 heterocycles. The number of nitrogens with one attached hydrogen (secondary N) is 1. The zero-order valence-electron chi connectivity index (χ0n) is 24.2. The zero-order valence-corrected chi connectivity index (χ0v) is 24.2. The van der Waals surface area contributed by atoms with Crippen LogP contribution in [0.1, 0.15) is 67.8 Å². The number of methoxy groups -OCH3 is 1. The molecule has 10 nitrogen and oxygen atoms in total. The highest BCUT2D eigenvalue weighted by atomic mass is 16.5. The minimum atomic E-state index is -0.419. The third kappa shape index (κ3) is 8.22. The van der Waals surface area contributed by atoms with E-state index < -0.39 is 5.97 Å². The molecule has 0 unspecified atom stereocenters. The second kappa shape index (κ2) is 14.5. The van der Waals surface area contributed by atoms with E-state index in [1.807, 2.05) is 30.1 Å². The van der Waals surface area contributed by atoms with Crippen LogP contribution in [0.5, 0.6) is 11.5 Å². The lowest BCUT2D eigenvalue weighted by Crippen LogP contribution is -2.47. The van der Waals surface area contributed by atoms with Crippen molar-refractivity contribution < 1.29 is 28.6 Å². The summed E-state index contributed by atoms with van der Waals surface area (Å²) >= 11 is 0. The van der Waals surface area contributed by atoms with Crippen LogP contribution in [-0.2, 0) is 20.9 Å². The Balaban J connectivity index is 1.38. The normalized spacial score (nSPS) is 14.9. The van der Waals surface area contributed by atoms with Crippen LogP contribution in [-0.4, -0.2) is 73.5 Å². The predicted octanol–water partition coefficient (Wildman–Crippen LogP) is 4.44. The molecule has 41 heavy (non-hydrogen) atoms. The Morgan fingerprint density at radius 3 is 2.49 bits per heavy atom. The summed E-state index contributed by atoms with van der Waals surface area (Å²) in [6.07, 6.45) is 6.92. The van der Waals surface area contributed by atoms with Crippen molar-refractivity contribution >= 4 is 29.4 Å². The van der Waals surface area contributed by atoms with E-state index in [1.54, 1.807) is 43.2 Å². The molecular formula is C31H40N4O6. The minimum absolute atomic E-state index is 0.0727. The summed E-state index contributed by atoms with van der Waals surface area (Å²) in [5, 5.41) is 2.83. The molecule has 2 aromatic rings. The van der Waals surface area contributed by atoms with E-state index in [1.165, 1.54) is 19.3 Å². The van der Waals surface area contributed by atoms with E-state index in [4.69, 9.17) is 14.2 Å². The fourth-order valence-electron chi connectivity index (χ4n) is 5.13. The van der Waals surface area contributed by atoms with Gasteiger partial charge >= 0.3 is 5.97 Å². The Morgan fingerprint density at radius 1 is 1.05 bits per heavy atom. The molecule has 1 saturated carbocycles. The summed E-state index contributed by atoms with van der Waals surface area (Å²) in [7, 11) is 3.48. The average molecular weight is 565 g/mol. The number of hydrogen-bond donors (Lipinski definition) is 1. The van der Waals surface area contributed by atoms with Gasteiger partial charge in [-0.25, -0.2) is 4.99 Å². The number of carbonyl (C=O) groups is 3. The fourth-order valence-corrected chi connectivity index (χ4v) is 5.13. The topological polar surface area (TPSA) is 110 Å². The molecule has 1 fully saturated rings. The van der Waals surface area contributed by atoms with Crippen molar-refractivity contribution in [1.82, 2.24) is 15.1 Å². The molecule has 10 heteroatoms. The lowest BCUT2D eigenvalue weighted by molar-refractivity contribution is -0.143. The maximum Gasteiger partial charge on any atom is 0.325 e. The molecule has 1 aliphatic carbocycles. The lowest BCUT2D eigenvalue weighted by atomic mass is 9.94. The molecule has 0 bridgehead atoms. The summed E-state index contributed by atoms with van der Waals surface area (Å²) in [6.45, 7) is 2.68. The average Bonchev–Trinajstić information content (AvgIpc) is 2.99. The van der Waals surface area contributed by atoms with Crippen molar-refractivity contribution in [1.29, 1.82) is 0 Å². The number of ether oxygens (including phenoxy) is 3. The van der Waals surface area contributed by atoms with Crippen molar-refractivity contribution in [3.8, 4) is 11.5 Å². The third-order valence-corrected chi connectivity index (χ3v) is 7.46. The number of esters is 1. The highest BCUT2D eigenvalue weighted by Crippen LogP contribution is 2.30. The van der Waals surface area contributed by atoms with Gasteiger partial charge in [0.25, 0.3) is 5.91 Å². The molecule has 4 rings (SSSR count). The summed E-state index contributed by atoms with van der Waals surface area (Å²) < 4.78 is 16.3. The smallest absolute Gasteiger partial charge is 0.325 e. The molecule has 0 atom stereocenters. The second-order valence-electron chi connectivity index (χ2n) is 10.3. The maximum atomic E-state index is 12.9. The van der Waals surface area contributed by atoms with E-state index >= 15 is 0 Å². The number of carbonyl (C=O) groups excluding carboxylic acids is 3. The Labute approximate surface area is 241 Å². The van der Waals surface area contributed by atoms with Gasteiger partial charge < -0.3 is 24.0 Å². The largest absolute Gasteiger partial charge is 0.497 e. The molecule has 2 amide bonds. The molecular weight excluding hydrogens is 524 g/mol. The molecule has 220 valence electrons. The van der Waals surface area contributed by atoms with Crippen molar-refractivity contribution in [3.05, 3.63) is 53.6 Å². The Morgan fingerprint density at radius 2 is 1.78 bits per heavy atom. The van der Waals surface area contributed by atoms with Crippen LogP contribution in [0, 0.1) is 0 Å². The summed E-state index contributed by atoms with van der Waals surface area (Å²) in [5.41, 5.74) is 1.96. The Bertz CT molecular complexity index is 1240. The second-order valence-corrected chi connectivity index (χ2v) is 10.3. The first-order chi connectivity index (χ1) is 19.9. The summed E-state index contributed by atoms with van der Waals surface area (Å²) in [5.74, 6) is 0.962. The van der Waals surface area contributed by atoms with Crippen LogP contribution in [0.3, 0.4) is 0 Å². The van der Waals surface area contributed by atoms with Crippen LogP contribution >= 0.6 is 0 Å². The van der Waals surface area contributed by atoms with Crippen molar-refractivity contribution in [2.75, 3.05) is 33.9 Å². The third-order valence-electron chi connectivity index (χ3n) is 7.46. The molecule has 2 aromatic carbocycles. The first-order valence-corrected chi connectivity index (χ1v) is 14.3. The van der Waals surface area contributed by atoms with Crippen molar-refractivity contribution in [3.63, 3.8) is 0 Å². The highest BCUT2D eigenvalue weighted by molar-refractivity contribution is 6.07. The molecule has 0 radical (unpaired) electrons. The predicted molar refractivity (Wildman–Crippen MR) is 155 cm³/mol. The highest BCUT2D eigenvalue weighted by Gasteiger charge is 2.25. The number of rotatable bonds is 11. The number of hydrogen-bond acceptors (Lipinski definition) is 8. The van der Waals surface area contributed by atoms with Crippen LogP contribution < -0.4 is 14.8 Å². The minimum Gasteiger partial charge on any atom is -0.497 e. The molecule has 1 N–H and O–H groups in total. The van der Waals surface area contributed by atoms with Gasteiger partial charge in [-0.05, 0) is 68.7 Å². The van der Waals surface area contributed by atoms with Gasteiger partial charge in [-0.3, -0.25) is 19.7 Å². The quantitative estimate of drug-likeness (QED) is 0.317. The van der Waals surface area contributed by atoms with Crippen molar-refractivity contribution in [2.45, 2.75) is 64.5 Å². The number of benzene rings is 2. The number of nitrogens with zero attached hydrogens (tertiary/aromatic N) is 3. The number of guanidine groups is 1. The number of fused-ring (bicyclic) bond motifs is 1. The SMILES string of the molecule is CCOC(=O)CN1Cc2cc(OCCCC(=O)N(C)C3CCCCC3)ccc2N=C1NC(=O)c1ccc(OC)cc1. The Kier molecular flexibility index (Phi) is 10.6. The number of aliphatic imine (C=N–C) groups is 1. The van der Waals surface area contributed by atoms with Crippen LogP contribution in [0.4, 0.5) is 5.69 Å². The van der Waals surface area contributed by atoms with E-state index in [0.29, 0.717) is 54.8 Å². The van der Waals surface area contributed by atoms with Gasteiger partial charge in [0.05, 0.1) is 26.0 Å². The van der Waals surface area contributed by atoms with E-state index in [0.717, 1.165) is 18.4 Å². The maximum absolute atomic E-state index is 12.9. The van der Waals surface area contributed by atoms with E-state index in [2.05, 4.69) is 10.3 Å². The molecule has 2 aliphatic rings. The van der Waals surface area contributed by atoms with Crippen LogP contribution in [0.2, 0.25) is 0 Å². The van der Waals surface area contributed by atoms with Crippen molar-refractivity contribution in [2.24, 2.45) is 4.99 Å². The molecule has 1 aliphatic heterocycles. The molecule has 0 saturated heterocycles. The first kappa shape index (κ1) is 29.9. The van der Waals surface area contributed by atoms with Crippen LogP contribution in [0.25, 0.3) is 0 Å². The van der Waals surface area contributed by atoms with Gasteiger partial charge in [0.1, 0.15) is 18.0 Å². The fraction of sp³-hybridized carbons (Fsp3) is 0.484. The monoisotopic (exact) mass is 564 g/mol. The van der Waals surface area contributed by atoms with Gasteiger partial charge in [-0.1, -0.05) is 19.3 Å². The summed E-state index contributed by atoms with van der Waals surface area (Å²) in [6, 6.07) is 12.6. The Hall–Kier alpha value is -4.08. The first-order valence-electron chi connectivity index (χ1n) is 14.3.